The fraction of sp³-hybridized carbons (Fsp3) is 0.412. The van der Waals surface area contributed by atoms with E-state index in [2.05, 4.69) is 15.5 Å². The molecule has 7 nitrogen and oxygen atoms in total. The Labute approximate surface area is 140 Å². The summed E-state index contributed by atoms with van der Waals surface area (Å²) < 4.78 is 10.2. The zero-order valence-corrected chi connectivity index (χ0v) is 13.8. The average Bonchev–Trinajstić information content (AvgIpc) is 2.54. The fourth-order valence-electron chi connectivity index (χ4n) is 2.71. The zero-order chi connectivity index (χ0) is 17.2. The molecule has 2 fully saturated rings. The summed E-state index contributed by atoms with van der Waals surface area (Å²) in [5.74, 6) is -2.61. The Balaban J connectivity index is 1.79. The van der Waals surface area contributed by atoms with Crippen molar-refractivity contribution < 1.29 is 19.1 Å². The van der Waals surface area contributed by atoms with Crippen LogP contribution >= 0.6 is 0 Å². The van der Waals surface area contributed by atoms with E-state index in [4.69, 9.17) is 9.47 Å². The van der Waals surface area contributed by atoms with Gasteiger partial charge in [0, 0.05) is 46.2 Å². The van der Waals surface area contributed by atoms with Crippen molar-refractivity contribution in [1.82, 2.24) is 5.32 Å². The van der Waals surface area contributed by atoms with Crippen molar-refractivity contribution in [2.75, 3.05) is 36.4 Å². The van der Waals surface area contributed by atoms with Crippen molar-refractivity contribution in [3.8, 4) is 0 Å². The molecule has 1 aromatic carbocycles. The number of hydrogen-bond acceptors (Lipinski definition) is 7. The van der Waals surface area contributed by atoms with Crippen LogP contribution in [0, 0.1) is 0 Å². The van der Waals surface area contributed by atoms with Gasteiger partial charge >= 0.3 is 11.9 Å². The molecule has 2 heterocycles. The zero-order valence-electron chi connectivity index (χ0n) is 13.8. The van der Waals surface area contributed by atoms with Gasteiger partial charge in [-0.1, -0.05) is 12.1 Å². The molecule has 0 aromatic heterocycles. The van der Waals surface area contributed by atoms with E-state index in [1.54, 1.807) is 0 Å². The summed E-state index contributed by atoms with van der Waals surface area (Å²) in [5, 5.41) is 6.35. The van der Waals surface area contributed by atoms with E-state index >= 15 is 0 Å². The van der Waals surface area contributed by atoms with Crippen LogP contribution in [0.5, 0.6) is 0 Å². The molecule has 0 bridgehead atoms. The number of benzene rings is 1. The first-order valence-electron chi connectivity index (χ1n) is 7.94. The molecule has 2 N–H and O–H groups in total. The van der Waals surface area contributed by atoms with E-state index in [0.29, 0.717) is 0 Å². The molecular formula is C17H21N3O4. The van der Waals surface area contributed by atoms with Crippen molar-refractivity contribution in [3.63, 3.8) is 0 Å². The number of anilines is 2. The van der Waals surface area contributed by atoms with E-state index in [1.807, 2.05) is 24.3 Å². The standard InChI is InChI=1S/C17H21N3O4/c1-17(2)23-15(21)12(16(22)24-17)11-19-13-5-3-4-6-14(13)20-9-7-18-8-10-20/h3-6,11,18-19H,7-10H2,1-2H3. The summed E-state index contributed by atoms with van der Waals surface area (Å²) in [6.07, 6.45) is 1.35. The van der Waals surface area contributed by atoms with Crippen LogP contribution in [0.1, 0.15) is 13.8 Å². The molecule has 1 aromatic rings. The number of nitrogens with one attached hydrogen (secondary N) is 2. The lowest BCUT2D eigenvalue weighted by Gasteiger charge is -2.31. The van der Waals surface area contributed by atoms with Crippen LogP contribution in [0.15, 0.2) is 36.0 Å². The molecule has 0 spiro atoms. The molecule has 7 heteroatoms. The van der Waals surface area contributed by atoms with E-state index in [1.165, 1.54) is 20.0 Å². The predicted molar refractivity (Wildman–Crippen MR) is 89.5 cm³/mol. The molecule has 2 aliphatic rings. The number of para-hydroxylation sites is 2. The van der Waals surface area contributed by atoms with E-state index in [9.17, 15) is 9.59 Å². The van der Waals surface area contributed by atoms with Gasteiger partial charge in [0.2, 0.25) is 0 Å². The summed E-state index contributed by atoms with van der Waals surface area (Å²) >= 11 is 0. The van der Waals surface area contributed by atoms with Gasteiger partial charge in [0.15, 0.2) is 5.57 Å². The molecular weight excluding hydrogens is 310 g/mol. The molecule has 0 aliphatic carbocycles. The Morgan fingerprint density at radius 2 is 1.75 bits per heavy atom. The number of ether oxygens (including phenoxy) is 2. The Morgan fingerprint density at radius 1 is 1.12 bits per heavy atom. The summed E-state index contributed by atoms with van der Waals surface area (Å²) in [4.78, 5) is 26.2. The lowest BCUT2D eigenvalue weighted by Crippen LogP contribution is -2.43. The third-order valence-electron chi connectivity index (χ3n) is 3.85. The number of carbonyl (C=O) groups is 2. The highest BCUT2D eigenvalue weighted by atomic mass is 16.7. The van der Waals surface area contributed by atoms with E-state index in [0.717, 1.165) is 37.6 Å². The number of carbonyl (C=O) groups excluding carboxylic acids is 2. The van der Waals surface area contributed by atoms with Crippen LogP contribution in [0.3, 0.4) is 0 Å². The summed E-state index contributed by atoms with van der Waals surface area (Å²) in [7, 11) is 0. The molecule has 0 amide bonds. The Kier molecular flexibility index (Phi) is 4.44. The largest absolute Gasteiger partial charge is 0.419 e. The van der Waals surface area contributed by atoms with E-state index in [-0.39, 0.29) is 5.57 Å². The van der Waals surface area contributed by atoms with Crippen LogP contribution in [0.25, 0.3) is 0 Å². The minimum Gasteiger partial charge on any atom is -0.419 e. The van der Waals surface area contributed by atoms with Crippen LogP contribution in [0.4, 0.5) is 11.4 Å². The van der Waals surface area contributed by atoms with Gasteiger partial charge in [-0.05, 0) is 12.1 Å². The Morgan fingerprint density at radius 3 is 2.42 bits per heavy atom. The number of nitrogens with zero attached hydrogens (tertiary/aromatic N) is 1. The maximum absolute atomic E-state index is 12.0. The SMILES string of the molecule is CC1(C)OC(=O)C(=CNc2ccccc2N2CCNCC2)C(=O)O1. The smallest absolute Gasteiger partial charge is 0.350 e. The quantitative estimate of drug-likeness (QED) is 0.490. The van der Waals surface area contributed by atoms with Crippen LogP contribution in [-0.2, 0) is 19.1 Å². The number of esters is 2. The topological polar surface area (TPSA) is 79.9 Å². The maximum Gasteiger partial charge on any atom is 0.350 e. The number of hydrogen-bond donors (Lipinski definition) is 2. The minimum atomic E-state index is -1.23. The third-order valence-corrected chi connectivity index (χ3v) is 3.85. The monoisotopic (exact) mass is 331 g/mol. The summed E-state index contributed by atoms with van der Waals surface area (Å²) in [6.45, 7) is 6.67. The predicted octanol–water partition coefficient (Wildman–Crippen LogP) is 1.23. The molecule has 3 rings (SSSR count). The molecule has 24 heavy (non-hydrogen) atoms. The van der Waals surface area contributed by atoms with Crippen molar-refractivity contribution in [3.05, 3.63) is 36.0 Å². The highest BCUT2D eigenvalue weighted by Crippen LogP contribution is 2.27. The summed E-state index contributed by atoms with van der Waals surface area (Å²) in [5.41, 5.74) is 1.69. The summed E-state index contributed by atoms with van der Waals surface area (Å²) in [6, 6.07) is 7.76. The first kappa shape index (κ1) is 16.3. The van der Waals surface area contributed by atoms with Crippen LogP contribution in [0.2, 0.25) is 0 Å². The lowest BCUT2D eigenvalue weighted by molar-refractivity contribution is -0.222. The second-order valence-corrected chi connectivity index (χ2v) is 6.14. The number of piperazine rings is 1. The third kappa shape index (κ3) is 3.51. The lowest BCUT2D eigenvalue weighted by atomic mass is 10.2. The highest BCUT2D eigenvalue weighted by molar-refractivity contribution is 6.15. The van der Waals surface area contributed by atoms with Crippen molar-refractivity contribution in [2.45, 2.75) is 19.6 Å². The van der Waals surface area contributed by atoms with Crippen LogP contribution < -0.4 is 15.5 Å². The molecule has 0 saturated carbocycles. The second-order valence-electron chi connectivity index (χ2n) is 6.14. The Hall–Kier alpha value is -2.54. The van der Waals surface area contributed by atoms with Gasteiger partial charge in [-0.15, -0.1) is 0 Å². The van der Waals surface area contributed by atoms with Gasteiger partial charge in [-0.25, -0.2) is 9.59 Å². The van der Waals surface area contributed by atoms with Crippen molar-refractivity contribution in [1.29, 1.82) is 0 Å². The number of rotatable bonds is 3. The van der Waals surface area contributed by atoms with Gasteiger partial charge in [-0.2, -0.15) is 0 Å². The van der Waals surface area contributed by atoms with Gasteiger partial charge in [0.25, 0.3) is 5.79 Å². The molecule has 2 aliphatic heterocycles. The Bertz CT molecular complexity index is 656. The maximum atomic E-state index is 12.0. The second kappa shape index (κ2) is 6.52. The molecule has 0 atom stereocenters. The number of cyclic esters (lactones) is 2. The first-order chi connectivity index (χ1) is 11.5. The minimum absolute atomic E-state index is 0.149. The van der Waals surface area contributed by atoms with Crippen molar-refractivity contribution >= 4 is 23.3 Å². The van der Waals surface area contributed by atoms with Gasteiger partial charge in [0.05, 0.1) is 11.4 Å². The van der Waals surface area contributed by atoms with Crippen LogP contribution in [-0.4, -0.2) is 43.9 Å². The first-order valence-corrected chi connectivity index (χ1v) is 7.94. The molecule has 0 unspecified atom stereocenters. The fourth-order valence-corrected chi connectivity index (χ4v) is 2.71. The molecule has 2 saturated heterocycles. The highest BCUT2D eigenvalue weighted by Gasteiger charge is 2.39. The average molecular weight is 331 g/mol. The van der Waals surface area contributed by atoms with Gasteiger partial charge < -0.3 is 25.0 Å². The van der Waals surface area contributed by atoms with Crippen molar-refractivity contribution in [2.24, 2.45) is 0 Å². The molecule has 128 valence electrons. The van der Waals surface area contributed by atoms with E-state index < -0.39 is 17.7 Å². The van der Waals surface area contributed by atoms with Gasteiger partial charge in [-0.3, -0.25) is 0 Å². The molecule has 0 radical (unpaired) electrons. The van der Waals surface area contributed by atoms with Gasteiger partial charge in [0.1, 0.15) is 0 Å². The normalized spacial score (nSPS) is 20.2.